The summed E-state index contributed by atoms with van der Waals surface area (Å²) < 4.78 is 19.3. The maximum Gasteiger partial charge on any atom is 0.146 e. The first-order chi connectivity index (χ1) is 9.13. The summed E-state index contributed by atoms with van der Waals surface area (Å²) in [6.07, 6.45) is 2.08. The quantitative estimate of drug-likeness (QED) is 0.910. The van der Waals surface area contributed by atoms with Gasteiger partial charge in [-0.15, -0.1) is 0 Å². The number of hydrogen-bond donors (Lipinski definition) is 1. The van der Waals surface area contributed by atoms with Crippen LogP contribution in [-0.4, -0.2) is 26.8 Å². The molecule has 0 saturated carbocycles. The lowest BCUT2D eigenvalue weighted by molar-refractivity contribution is 0.139. The molecule has 0 aromatic heterocycles. The molecule has 1 atom stereocenters. The zero-order valence-electron chi connectivity index (χ0n) is 11.7. The molecule has 1 heterocycles. The summed E-state index contributed by atoms with van der Waals surface area (Å²) in [5.41, 5.74) is 7.53. The number of piperidine rings is 1. The van der Waals surface area contributed by atoms with Crippen LogP contribution < -0.4 is 10.6 Å². The maximum absolute atomic E-state index is 14.1. The highest BCUT2D eigenvalue weighted by Crippen LogP contribution is 2.31. The molecule has 1 aromatic rings. The second-order valence-electron chi connectivity index (χ2n) is 5.35. The number of nitrogens with zero attached hydrogens (tertiary/aromatic N) is 1. The fraction of sp³-hybridized carbons (Fsp3) is 0.600. The minimum absolute atomic E-state index is 0.151. The number of methoxy groups -OCH3 is 1. The predicted octanol–water partition coefficient (Wildman–Crippen LogP) is 2.71. The Labute approximate surface area is 114 Å². The molecular weight excluding hydrogens is 243 g/mol. The Morgan fingerprint density at radius 2 is 2.11 bits per heavy atom. The summed E-state index contributed by atoms with van der Waals surface area (Å²) >= 11 is 0. The number of benzene rings is 1. The molecule has 1 aliphatic rings. The average Bonchev–Trinajstić information content (AvgIpc) is 2.40. The number of halogens is 1. The van der Waals surface area contributed by atoms with E-state index in [0.717, 1.165) is 38.1 Å². The zero-order valence-corrected chi connectivity index (χ0v) is 11.7. The van der Waals surface area contributed by atoms with Gasteiger partial charge in [0.05, 0.1) is 5.69 Å². The molecule has 19 heavy (non-hydrogen) atoms. The molecule has 2 N–H and O–H groups in total. The fourth-order valence-electron chi connectivity index (χ4n) is 2.79. The first kappa shape index (κ1) is 14.3. The third-order valence-corrected chi connectivity index (χ3v) is 3.84. The van der Waals surface area contributed by atoms with Crippen molar-refractivity contribution < 1.29 is 9.13 Å². The molecule has 1 aliphatic heterocycles. The number of para-hydroxylation sites is 1. The Morgan fingerprint density at radius 3 is 2.68 bits per heavy atom. The number of nitrogens with two attached hydrogens (primary N) is 1. The standard InChI is InChI=1S/C15H23FN2O/c1-11(17)13-4-3-5-14(16)15(13)18-8-6-12(7-9-18)10-19-2/h3-5,11-12H,6-10,17H2,1-2H3/t11-/m0/s1. The normalized spacial score (nSPS) is 18.6. The summed E-state index contributed by atoms with van der Waals surface area (Å²) in [4.78, 5) is 2.13. The van der Waals surface area contributed by atoms with Gasteiger partial charge < -0.3 is 15.4 Å². The lowest BCUT2D eigenvalue weighted by atomic mass is 9.96. The monoisotopic (exact) mass is 266 g/mol. The summed E-state index contributed by atoms with van der Waals surface area (Å²) in [6, 6.07) is 5.02. The molecule has 3 nitrogen and oxygen atoms in total. The van der Waals surface area contributed by atoms with Crippen LogP contribution in [-0.2, 0) is 4.74 Å². The Bertz CT molecular complexity index is 415. The van der Waals surface area contributed by atoms with Gasteiger partial charge in [-0.25, -0.2) is 4.39 Å². The van der Waals surface area contributed by atoms with Gasteiger partial charge in [-0.1, -0.05) is 12.1 Å². The molecule has 0 amide bonds. The maximum atomic E-state index is 14.1. The van der Waals surface area contributed by atoms with Crippen molar-refractivity contribution in [3.8, 4) is 0 Å². The molecule has 106 valence electrons. The zero-order chi connectivity index (χ0) is 13.8. The summed E-state index contributed by atoms with van der Waals surface area (Å²) in [7, 11) is 1.73. The van der Waals surface area contributed by atoms with E-state index in [4.69, 9.17) is 10.5 Å². The number of anilines is 1. The van der Waals surface area contributed by atoms with Crippen molar-refractivity contribution in [2.45, 2.75) is 25.8 Å². The Hall–Kier alpha value is -1.13. The minimum atomic E-state index is -0.167. The van der Waals surface area contributed by atoms with Crippen molar-refractivity contribution in [1.82, 2.24) is 0 Å². The highest BCUT2D eigenvalue weighted by atomic mass is 19.1. The van der Waals surface area contributed by atoms with Crippen molar-refractivity contribution in [2.24, 2.45) is 11.7 Å². The summed E-state index contributed by atoms with van der Waals surface area (Å²) in [5.74, 6) is 0.423. The van der Waals surface area contributed by atoms with Crippen LogP contribution >= 0.6 is 0 Å². The SMILES string of the molecule is COCC1CCN(c2c(F)cccc2[C@H](C)N)CC1. The van der Waals surface area contributed by atoms with Crippen LogP contribution in [0.4, 0.5) is 10.1 Å². The van der Waals surface area contributed by atoms with Crippen molar-refractivity contribution >= 4 is 5.69 Å². The lowest BCUT2D eigenvalue weighted by Crippen LogP contribution is -2.36. The third kappa shape index (κ3) is 3.25. The average molecular weight is 266 g/mol. The van der Waals surface area contributed by atoms with E-state index in [2.05, 4.69) is 4.90 Å². The van der Waals surface area contributed by atoms with Crippen molar-refractivity contribution in [1.29, 1.82) is 0 Å². The van der Waals surface area contributed by atoms with Crippen LogP contribution in [0, 0.1) is 11.7 Å². The van der Waals surface area contributed by atoms with E-state index in [9.17, 15) is 4.39 Å². The van der Waals surface area contributed by atoms with Gasteiger partial charge in [-0.3, -0.25) is 0 Å². The van der Waals surface area contributed by atoms with E-state index < -0.39 is 0 Å². The molecule has 1 aromatic carbocycles. The molecule has 2 rings (SSSR count). The van der Waals surface area contributed by atoms with E-state index in [1.54, 1.807) is 13.2 Å². The fourth-order valence-corrected chi connectivity index (χ4v) is 2.79. The van der Waals surface area contributed by atoms with E-state index in [1.807, 2.05) is 13.0 Å². The van der Waals surface area contributed by atoms with Gasteiger partial charge in [0.2, 0.25) is 0 Å². The first-order valence-corrected chi connectivity index (χ1v) is 6.91. The van der Waals surface area contributed by atoms with Crippen molar-refractivity contribution in [3.05, 3.63) is 29.6 Å². The van der Waals surface area contributed by atoms with Crippen LogP contribution in [0.15, 0.2) is 18.2 Å². The van der Waals surface area contributed by atoms with E-state index >= 15 is 0 Å². The van der Waals surface area contributed by atoms with Gasteiger partial charge in [0.15, 0.2) is 0 Å². The van der Waals surface area contributed by atoms with Gasteiger partial charge >= 0.3 is 0 Å². The van der Waals surface area contributed by atoms with Gasteiger partial charge in [0.1, 0.15) is 5.82 Å². The first-order valence-electron chi connectivity index (χ1n) is 6.91. The van der Waals surface area contributed by atoms with Crippen LogP contribution in [0.2, 0.25) is 0 Å². The third-order valence-electron chi connectivity index (χ3n) is 3.84. The molecule has 0 bridgehead atoms. The van der Waals surface area contributed by atoms with Crippen LogP contribution in [0.25, 0.3) is 0 Å². The summed E-state index contributed by atoms with van der Waals surface area (Å²) in [6.45, 7) is 4.44. The highest BCUT2D eigenvalue weighted by Gasteiger charge is 2.23. The van der Waals surface area contributed by atoms with Gasteiger partial charge in [0, 0.05) is 32.8 Å². The van der Waals surface area contributed by atoms with Crippen molar-refractivity contribution in [2.75, 3.05) is 31.7 Å². The van der Waals surface area contributed by atoms with Gasteiger partial charge in [-0.2, -0.15) is 0 Å². The molecule has 0 spiro atoms. The Balaban J connectivity index is 2.15. The number of rotatable bonds is 4. The summed E-state index contributed by atoms with van der Waals surface area (Å²) in [5, 5.41) is 0. The molecular formula is C15H23FN2O. The molecule has 4 heteroatoms. The highest BCUT2D eigenvalue weighted by molar-refractivity contribution is 5.56. The van der Waals surface area contributed by atoms with E-state index in [1.165, 1.54) is 6.07 Å². The predicted molar refractivity (Wildman–Crippen MR) is 75.8 cm³/mol. The van der Waals surface area contributed by atoms with Crippen LogP contribution in [0.3, 0.4) is 0 Å². The second-order valence-corrected chi connectivity index (χ2v) is 5.35. The lowest BCUT2D eigenvalue weighted by Gasteiger charge is -2.35. The number of ether oxygens (including phenoxy) is 1. The van der Waals surface area contributed by atoms with Gasteiger partial charge in [0.25, 0.3) is 0 Å². The van der Waals surface area contributed by atoms with E-state index in [-0.39, 0.29) is 11.9 Å². The second kappa shape index (κ2) is 6.35. The van der Waals surface area contributed by atoms with Crippen molar-refractivity contribution in [3.63, 3.8) is 0 Å². The minimum Gasteiger partial charge on any atom is -0.384 e. The van der Waals surface area contributed by atoms with Crippen LogP contribution in [0.1, 0.15) is 31.4 Å². The molecule has 1 saturated heterocycles. The molecule has 0 radical (unpaired) electrons. The molecule has 0 aliphatic carbocycles. The Morgan fingerprint density at radius 1 is 1.42 bits per heavy atom. The van der Waals surface area contributed by atoms with Crippen LogP contribution in [0.5, 0.6) is 0 Å². The number of hydrogen-bond acceptors (Lipinski definition) is 3. The topological polar surface area (TPSA) is 38.5 Å². The molecule has 0 unspecified atom stereocenters. The Kier molecular flexibility index (Phi) is 4.77. The smallest absolute Gasteiger partial charge is 0.146 e. The van der Waals surface area contributed by atoms with E-state index in [0.29, 0.717) is 11.6 Å². The molecule has 1 fully saturated rings. The van der Waals surface area contributed by atoms with Gasteiger partial charge in [-0.05, 0) is 37.3 Å². The largest absolute Gasteiger partial charge is 0.384 e.